The van der Waals surface area contributed by atoms with Crippen molar-refractivity contribution in [1.82, 2.24) is 4.90 Å². The molecule has 29 heavy (non-hydrogen) atoms. The highest BCUT2D eigenvalue weighted by Gasteiger charge is 2.29. The molecule has 158 valence electrons. The van der Waals surface area contributed by atoms with Gasteiger partial charge in [-0.3, -0.25) is 0 Å². The molecular formula is C22H26F3NO3. The molecule has 1 amide bonds. The van der Waals surface area contributed by atoms with Crippen molar-refractivity contribution in [2.45, 2.75) is 45.6 Å². The maximum Gasteiger partial charge on any atom is 0.416 e. The topological polar surface area (TPSA) is 38.8 Å². The number of halogens is 3. The molecule has 0 unspecified atom stereocenters. The van der Waals surface area contributed by atoms with E-state index in [2.05, 4.69) is 0 Å². The van der Waals surface area contributed by atoms with Crippen molar-refractivity contribution in [3.05, 3.63) is 65.2 Å². The minimum atomic E-state index is -4.34. The van der Waals surface area contributed by atoms with Crippen LogP contribution in [0.5, 0.6) is 5.75 Å². The summed E-state index contributed by atoms with van der Waals surface area (Å²) in [5.74, 6) is 0.620. The van der Waals surface area contributed by atoms with Crippen LogP contribution in [0.3, 0.4) is 0 Å². The van der Waals surface area contributed by atoms with Crippen LogP contribution in [0.25, 0.3) is 0 Å². The largest absolute Gasteiger partial charge is 0.489 e. The summed E-state index contributed by atoms with van der Waals surface area (Å²) >= 11 is 0. The van der Waals surface area contributed by atoms with Gasteiger partial charge in [0, 0.05) is 13.6 Å². The maximum atomic E-state index is 12.6. The zero-order valence-electron chi connectivity index (χ0n) is 17.0. The summed E-state index contributed by atoms with van der Waals surface area (Å²) in [5, 5.41) is 0. The Morgan fingerprint density at radius 2 is 1.48 bits per heavy atom. The van der Waals surface area contributed by atoms with E-state index in [-0.39, 0.29) is 12.7 Å². The summed E-state index contributed by atoms with van der Waals surface area (Å²) < 4.78 is 48.7. The second-order valence-electron chi connectivity index (χ2n) is 7.78. The van der Waals surface area contributed by atoms with Gasteiger partial charge >= 0.3 is 12.3 Å². The first-order valence-electron chi connectivity index (χ1n) is 9.26. The molecule has 0 aliphatic carbocycles. The summed E-state index contributed by atoms with van der Waals surface area (Å²) in [6, 6.07) is 12.3. The number of likely N-dealkylation sites (N-methyl/N-ethyl adjacent to an activating group) is 1. The number of carbonyl (C=O) groups excluding carboxylic acids is 1. The van der Waals surface area contributed by atoms with E-state index >= 15 is 0 Å². The lowest BCUT2D eigenvalue weighted by atomic mass is 10.1. The Hall–Kier alpha value is -2.70. The SMILES string of the molecule is CN(CCc1ccc(OCc2ccc(C(F)(F)F)cc2)cc1)C(=O)OC(C)(C)C. The number of carbonyl (C=O) groups is 1. The van der Waals surface area contributed by atoms with E-state index in [1.165, 1.54) is 17.0 Å². The Kier molecular flexibility index (Phi) is 7.16. The first-order chi connectivity index (χ1) is 13.4. The number of rotatable bonds is 6. The van der Waals surface area contributed by atoms with Gasteiger partial charge in [-0.15, -0.1) is 0 Å². The molecule has 0 spiro atoms. The smallest absolute Gasteiger partial charge is 0.416 e. The summed E-state index contributed by atoms with van der Waals surface area (Å²) in [5.41, 5.74) is 0.475. The summed E-state index contributed by atoms with van der Waals surface area (Å²) in [6.07, 6.45) is -4.05. The molecule has 0 radical (unpaired) electrons. The molecule has 2 rings (SSSR count). The monoisotopic (exact) mass is 409 g/mol. The summed E-state index contributed by atoms with van der Waals surface area (Å²) in [6.45, 7) is 6.16. The first-order valence-corrected chi connectivity index (χ1v) is 9.26. The van der Waals surface area contributed by atoms with Crippen molar-refractivity contribution in [2.75, 3.05) is 13.6 Å². The molecule has 2 aromatic carbocycles. The Morgan fingerprint density at radius 1 is 0.931 bits per heavy atom. The second-order valence-corrected chi connectivity index (χ2v) is 7.78. The molecule has 0 aliphatic heterocycles. The van der Waals surface area contributed by atoms with Crippen LogP contribution in [0.4, 0.5) is 18.0 Å². The summed E-state index contributed by atoms with van der Waals surface area (Å²) in [4.78, 5) is 13.5. The number of amides is 1. The lowest BCUT2D eigenvalue weighted by Gasteiger charge is -2.24. The number of hydrogen-bond donors (Lipinski definition) is 0. The van der Waals surface area contributed by atoms with Gasteiger partial charge in [-0.25, -0.2) is 4.79 Å². The zero-order chi connectivity index (χ0) is 21.7. The van der Waals surface area contributed by atoms with Crippen LogP contribution >= 0.6 is 0 Å². The molecule has 0 saturated heterocycles. The quantitative estimate of drug-likeness (QED) is 0.615. The van der Waals surface area contributed by atoms with Gasteiger partial charge in [-0.2, -0.15) is 13.2 Å². The second kappa shape index (κ2) is 9.20. The van der Waals surface area contributed by atoms with E-state index in [4.69, 9.17) is 9.47 Å². The number of alkyl halides is 3. The molecule has 7 heteroatoms. The highest BCUT2D eigenvalue weighted by Crippen LogP contribution is 2.29. The third kappa shape index (κ3) is 7.68. The molecule has 0 atom stereocenters. The van der Waals surface area contributed by atoms with E-state index in [0.29, 0.717) is 24.3 Å². The zero-order valence-corrected chi connectivity index (χ0v) is 17.0. The van der Waals surface area contributed by atoms with Crippen LogP contribution in [0, 0.1) is 0 Å². The van der Waals surface area contributed by atoms with Crippen molar-refractivity contribution in [2.24, 2.45) is 0 Å². The molecule has 0 bridgehead atoms. The van der Waals surface area contributed by atoms with E-state index in [9.17, 15) is 18.0 Å². The molecule has 0 aliphatic rings. The van der Waals surface area contributed by atoms with E-state index in [1.54, 1.807) is 19.2 Å². The van der Waals surface area contributed by atoms with Gasteiger partial charge < -0.3 is 14.4 Å². The van der Waals surface area contributed by atoms with Crippen molar-refractivity contribution in [1.29, 1.82) is 0 Å². The number of ether oxygens (including phenoxy) is 2. The van der Waals surface area contributed by atoms with Crippen molar-refractivity contribution < 1.29 is 27.4 Å². The maximum absolute atomic E-state index is 12.6. The Balaban J connectivity index is 1.82. The molecule has 0 N–H and O–H groups in total. The predicted molar refractivity (Wildman–Crippen MR) is 105 cm³/mol. The van der Waals surface area contributed by atoms with Crippen LogP contribution in [0.15, 0.2) is 48.5 Å². The average Bonchev–Trinajstić information content (AvgIpc) is 2.63. The standard InChI is InChI=1S/C22H26F3NO3/c1-21(2,3)29-20(27)26(4)14-13-16-7-11-19(12-8-16)28-15-17-5-9-18(10-6-17)22(23,24)25/h5-12H,13-15H2,1-4H3. The van der Waals surface area contributed by atoms with E-state index < -0.39 is 17.3 Å². The average molecular weight is 409 g/mol. The molecule has 2 aromatic rings. The fourth-order valence-electron chi connectivity index (χ4n) is 2.44. The number of benzene rings is 2. The van der Waals surface area contributed by atoms with Crippen LogP contribution in [0.1, 0.15) is 37.5 Å². The van der Waals surface area contributed by atoms with Gasteiger partial charge in [0.2, 0.25) is 0 Å². The van der Waals surface area contributed by atoms with E-state index in [1.807, 2.05) is 32.9 Å². The highest BCUT2D eigenvalue weighted by molar-refractivity contribution is 5.67. The van der Waals surface area contributed by atoms with Crippen molar-refractivity contribution in [3.8, 4) is 5.75 Å². The van der Waals surface area contributed by atoms with E-state index in [0.717, 1.165) is 17.7 Å². The van der Waals surface area contributed by atoms with Gasteiger partial charge in [0.25, 0.3) is 0 Å². The third-order valence-electron chi connectivity index (χ3n) is 4.05. The minimum Gasteiger partial charge on any atom is -0.489 e. The van der Waals surface area contributed by atoms with Crippen LogP contribution in [-0.2, 0) is 23.9 Å². The Labute approximate surface area is 169 Å². The molecule has 4 nitrogen and oxygen atoms in total. The van der Waals surface area contributed by atoms with Crippen LogP contribution in [0.2, 0.25) is 0 Å². The lowest BCUT2D eigenvalue weighted by Crippen LogP contribution is -2.35. The molecule has 0 fully saturated rings. The fraction of sp³-hybridized carbons (Fsp3) is 0.409. The van der Waals surface area contributed by atoms with Crippen LogP contribution < -0.4 is 4.74 Å². The van der Waals surface area contributed by atoms with Gasteiger partial charge in [-0.1, -0.05) is 24.3 Å². The van der Waals surface area contributed by atoms with Crippen LogP contribution in [-0.4, -0.2) is 30.2 Å². The van der Waals surface area contributed by atoms with Gasteiger partial charge in [0.15, 0.2) is 0 Å². The minimum absolute atomic E-state index is 0.179. The lowest BCUT2D eigenvalue weighted by molar-refractivity contribution is -0.137. The van der Waals surface area contributed by atoms with Crippen molar-refractivity contribution >= 4 is 6.09 Å². The molecular weight excluding hydrogens is 383 g/mol. The van der Waals surface area contributed by atoms with Gasteiger partial charge in [-0.05, 0) is 62.6 Å². The Bertz CT molecular complexity index is 794. The third-order valence-corrected chi connectivity index (χ3v) is 4.05. The van der Waals surface area contributed by atoms with Gasteiger partial charge in [0.05, 0.1) is 5.56 Å². The summed E-state index contributed by atoms with van der Waals surface area (Å²) in [7, 11) is 1.69. The molecule has 0 heterocycles. The normalized spacial score (nSPS) is 11.8. The first kappa shape index (κ1) is 22.6. The highest BCUT2D eigenvalue weighted by atomic mass is 19.4. The fourth-order valence-corrected chi connectivity index (χ4v) is 2.44. The Morgan fingerprint density at radius 3 is 2.00 bits per heavy atom. The van der Waals surface area contributed by atoms with Crippen molar-refractivity contribution in [3.63, 3.8) is 0 Å². The van der Waals surface area contributed by atoms with Gasteiger partial charge in [0.1, 0.15) is 18.0 Å². The number of nitrogens with zero attached hydrogens (tertiary/aromatic N) is 1. The predicted octanol–water partition coefficient (Wildman–Crippen LogP) is 5.69. The number of hydrogen-bond acceptors (Lipinski definition) is 3. The molecule has 0 saturated carbocycles. The molecule has 0 aromatic heterocycles.